The van der Waals surface area contributed by atoms with Crippen LogP contribution in [0.3, 0.4) is 0 Å². The zero-order chi connectivity index (χ0) is 13.2. The smallest absolute Gasteiger partial charge is 0.240 e. The lowest BCUT2D eigenvalue weighted by Crippen LogP contribution is -2.42. The number of anilines is 1. The minimum Gasteiger partial charge on any atom is -0.395 e. The molecular weight excluding hydrogens is 252 g/mol. The summed E-state index contributed by atoms with van der Waals surface area (Å²) >= 11 is 0. The number of nitrogens with two attached hydrogens (primary N) is 1. The normalized spacial score (nSPS) is 16.3. The van der Waals surface area contributed by atoms with Crippen LogP contribution in [0, 0.1) is 0 Å². The number of rotatable bonds is 5. The SMILES string of the molecule is NS(=O)(=O)c1ccccc1N(CCO)C1CCC1. The summed E-state index contributed by atoms with van der Waals surface area (Å²) in [5.74, 6) is 0. The topological polar surface area (TPSA) is 83.6 Å². The first-order valence-corrected chi connectivity index (χ1v) is 7.58. The molecule has 6 heteroatoms. The van der Waals surface area contributed by atoms with Crippen molar-refractivity contribution in [2.75, 3.05) is 18.1 Å². The highest BCUT2D eigenvalue weighted by Gasteiger charge is 2.28. The van der Waals surface area contributed by atoms with Gasteiger partial charge in [-0.3, -0.25) is 0 Å². The second-order valence-corrected chi connectivity index (χ2v) is 6.04. The van der Waals surface area contributed by atoms with Crippen molar-refractivity contribution in [1.29, 1.82) is 0 Å². The molecule has 0 unspecified atom stereocenters. The number of nitrogens with zero attached hydrogens (tertiary/aromatic N) is 1. The largest absolute Gasteiger partial charge is 0.395 e. The average Bonchev–Trinajstić information content (AvgIpc) is 2.25. The third-order valence-electron chi connectivity index (χ3n) is 3.34. The Balaban J connectivity index is 2.40. The molecule has 0 heterocycles. The number of hydrogen-bond acceptors (Lipinski definition) is 4. The van der Waals surface area contributed by atoms with E-state index in [9.17, 15) is 8.42 Å². The summed E-state index contributed by atoms with van der Waals surface area (Å²) < 4.78 is 23.2. The Morgan fingerprint density at radius 3 is 2.50 bits per heavy atom. The molecule has 1 saturated carbocycles. The van der Waals surface area contributed by atoms with Gasteiger partial charge in [0.15, 0.2) is 0 Å². The number of benzene rings is 1. The number of primary sulfonamides is 1. The molecule has 0 aliphatic heterocycles. The van der Waals surface area contributed by atoms with Crippen molar-refractivity contribution in [2.45, 2.75) is 30.2 Å². The molecule has 1 aromatic rings. The standard InChI is InChI=1S/C12H18N2O3S/c13-18(16,17)12-7-2-1-6-11(12)14(8-9-15)10-4-3-5-10/h1-2,6-7,10,15H,3-5,8-9H2,(H2,13,16,17). The number of aliphatic hydroxyl groups excluding tert-OH is 1. The highest BCUT2D eigenvalue weighted by Crippen LogP contribution is 2.32. The van der Waals surface area contributed by atoms with E-state index in [4.69, 9.17) is 10.2 Å². The maximum absolute atomic E-state index is 11.6. The lowest BCUT2D eigenvalue weighted by molar-refractivity contribution is 0.283. The molecule has 1 aromatic carbocycles. The first kappa shape index (κ1) is 13.3. The van der Waals surface area contributed by atoms with E-state index in [0.29, 0.717) is 18.3 Å². The van der Waals surface area contributed by atoms with Gasteiger partial charge in [-0.1, -0.05) is 12.1 Å². The van der Waals surface area contributed by atoms with Crippen molar-refractivity contribution in [3.8, 4) is 0 Å². The minimum absolute atomic E-state index is 0.00451. The molecule has 5 nitrogen and oxygen atoms in total. The van der Waals surface area contributed by atoms with Crippen LogP contribution in [0.1, 0.15) is 19.3 Å². The van der Waals surface area contributed by atoms with E-state index in [1.807, 2.05) is 4.90 Å². The second kappa shape index (κ2) is 5.26. The van der Waals surface area contributed by atoms with E-state index in [1.54, 1.807) is 18.2 Å². The lowest BCUT2D eigenvalue weighted by atomic mass is 9.91. The van der Waals surface area contributed by atoms with Gasteiger partial charge in [0, 0.05) is 12.6 Å². The Bertz CT molecular complexity index is 512. The molecule has 0 aromatic heterocycles. The van der Waals surface area contributed by atoms with Crippen molar-refractivity contribution in [2.24, 2.45) is 5.14 Å². The number of aliphatic hydroxyl groups is 1. The van der Waals surface area contributed by atoms with Crippen LogP contribution in [0.25, 0.3) is 0 Å². The van der Waals surface area contributed by atoms with E-state index < -0.39 is 10.0 Å². The zero-order valence-electron chi connectivity index (χ0n) is 10.1. The molecule has 0 amide bonds. The Hall–Kier alpha value is -1.11. The Morgan fingerprint density at radius 2 is 2.00 bits per heavy atom. The van der Waals surface area contributed by atoms with Crippen LogP contribution in [0.15, 0.2) is 29.2 Å². The molecule has 3 N–H and O–H groups in total. The summed E-state index contributed by atoms with van der Waals surface area (Å²) in [6.45, 7) is 0.423. The fraction of sp³-hybridized carbons (Fsp3) is 0.500. The molecular formula is C12H18N2O3S. The van der Waals surface area contributed by atoms with Crippen LogP contribution in [-0.2, 0) is 10.0 Å². The zero-order valence-corrected chi connectivity index (χ0v) is 10.9. The van der Waals surface area contributed by atoms with E-state index in [1.165, 1.54) is 6.07 Å². The molecule has 0 bridgehead atoms. The molecule has 1 aliphatic rings. The maximum atomic E-state index is 11.6. The van der Waals surface area contributed by atoms with Gasteiger partial charge in [0.25, 0.3) is 0 Å². The van der Waals surface area contributed by atoms with Crippen molar-refractivity contribution in [3.05, 3.63) is 24.3 Å². The third kappa shape index (κ3) is 2.66. The molecule has 1 aliphatic carbocycles. The second-order valence-electron chi connectivity index (χ2n) is 4.51. The molecule has 2 rings (SSSR count). The molecule has 0 saturated heterocycles. The van der Waals surface area contributed by atoms with Crippen molar-refractivity contribution < 1.29 is 13.5 Å². The summed E-state index contributed by atoms with van der Waals surface area (Å²) in [4.78, 5) is 2.08. The molecule has 0 spiro atoms. The van der Waals surface area contributed by atoms with Gasteiger partial charge in [0.1, 0.15) is 4.90 Å². The molecule has 100 valence electrons. The van der Waals surface area contributed by atoms with E-state index in [2.05, 4.69) is 0 Å². The van der Waals surface area contributed by atoms with Crippen molar-refractivity contribution in [3.63, 3.8) is 0 Å². The maximum Gasteiger partial charge on any atom is 0.240 e. The fourth-order valence-electron chi connectivity index (χ4n) is 2.24. The fourth-order valence-corrected chi connectivity index (χ4v) is 2.99. The number of hydrogen-bond donors (Lipinski definition) is 2. The number of para-hydroxylation sites is 1. The monoisotopic (exact) mass is 270 g/mol. The van der Waals surface area contributed by atoms with Crippen LogP contribution >= 0.6 is 0 Å². The van der Waals surface area contributed by atoms with Gasteiger partial charge in [-0.25, -0.2) is 13.6 Å². The van der Waals surface area contributed by atoms with Crippen LogP contribution in [-0.4, -0.2) is 32.7 Å². The Morgan fingerprint density at radius 1 is 1.33 bits per heavy atom. The molecule has 0 atom stereocenters. The quantitative estimate of drug-likeness (QED) is 0.824. The molecule has 1 fully saturated rings. The van der Waals surface area contributed by atoms with Crippen LogP contribution in [0.5, 0.6) is 0 Å². The van der Waals surface area contributed by atoms with Gasteiger partial charge in [-0.05, 0) is 31.4 Å². The van der Waals surface area contributed by atoms with Gasteiger partial charge in [0.2, 0.25) is 10.0 Å². The van der Waals surface area contributed by atoms with Gasteiger partial charge >= 0.3 is 0 Å². The summed E-state index contributed by atoms with van der Waals surface area (Å²) in [5.41, 5.74) is 0.596. The van der Waals surface area contributed by atoms with Gasteiger partial charge < -0.3 is 10.0 Å². The highest BCUT2D eigenvalue weighted by molar-refractivity contribution is 7.89. The summed E-state index contributed by atoms with van der Waals surface area (Å²) in [6.07, 6.45) is 3.20. The Kier molecular flexibility index (Phi) is 3.89. The summed E-state index contributed by atoms with van der Waals surface area (Å²) in [7, 11) is -3.74. The first-order chi connectivity index (χ1) is 8.54. The van der Waals surface area contributed by atoms with E-state index in [0.717, 1.165) is 19.3 Å². The molecule has 18 heavy (non-hydrogen) atoms. The third-order valence-corrected chi connectivity index (χ3v) is 4.30. The predicted octanol–water partition coefficient (Wildman–Crippen LogP) is 0.685. The first-order valence-electron chi connectivity index (χ1n) is 6.03. The number of sulfonamides is 1. The summed E-state index contributed by atoms with van der Waals surface area (Å²) in [6, 6.07) is 7.00. The van der Waals surface area contributed by atoms with E-state index in [-0.39, 0.29) is 11.5 Å². The van der Waals surface area contributed by atoms with E-state index >= 15 is 0 Å². The van der Waals surface area contributed by atoms with Crippen molar-refractivity contribution in [1.82, 2.24) is 0 Å². The molecule has 0 radical (unpaired) electrons. The van der Waals surface area contributed by atoms with Gasteiger partial charge in [-0.2, -0.15) is 0 Å². The minimum atomic E-state index is -3.74. The Labute approximate surface area is 107 Å². The summed E-state index contributed by atoms with van der Waals surface area (Å²) in [5, 5.41) is 14.4. The van der Waals surface area contributed by atoms with Crippen LogP contribution in [0.2, 0.25) is 0 Å². The van der Waals surface area contributed by atoms with Gasteiger partial charge in [0.05, 0.1) is 12.3 Å². The van der Waals surface area contributed by atoms with Crippen LogP contribution in [0.4, 0.5) is 5.69 Å². The van der Waals surface area contributed by atoms with Crippen LogP contribution < -0.4 is 10.0 Å². The predicted molar refractivity (Wildman–Crippen MR) is 69.9 cm³/mol. The lowest BCUT2D eigenvalue weighted by Gasteiger charge is -2.39. The highest BCUT2D eigenvalue weighted by atomic mass is 32.2. The average molecular weight is 270 g/mol. The van der Waals surface area contributed by atoms with Crippen molar-refractivity contribution >= 4 is 15.7 Å². The van der Waals surface area contributed by atoms with Gasteiger partial charge in [-0.15, -0.1) is 0 Å².